The Kier molecular flexibility index (Phi) is 2.68. The summed E-state index contributed by atoms with van der Waals surface area (Å²) in [4.78, 5) is 0. The van der Waals surface area contributed by atoms with E-state index in [0.717, 1.165) is 16.6 Å². The molecule has 1 aromatic heterocycles. The van der Waals surface area contributed by atoms with Crippen molar-refractivity contribution in [3.8, 4) is 5.75 Å². The Hall–Kier alpha value is -2.00. The zero-order valence-electron chi connectivity index (χ0n) is 9.43. The van der Waals surface area contributed by atoms with Gasteiger partial charge in [-0.25, -0.2) is 0 Å². The Morgan fingerprint density at radius 3 is 2.67 bits per heavy atom. The number of nitrogens with zero attached hydrogens (tertiary/aromatic N) is 1. The maximum Gasteiger partial charge on any atom is 0.189 e. The van der Waals surface area contributed by atoms with Crippen molar-refractivity contribution in [1.29, 1.82) is 0 Å². The van der Waals surface area contributed by atoms with E-state index in [9.17, 15) is 5.11 Å². The van der Waals surface area contributed by atoms with Crippen LogP contribution in [0.15, 0.2) is 47.0 Å². The predicted octanol–water partition coefficient (Wildman–Crippen LogP) is 3.78. The molecule has 0 aliphatic rings. The van der Waals surface area contributed by atoms with Crippen LogP contribution in [0, 0.1) is 0 Å². The monoisotopic (exact) mass is 259 g/mol. The average molecular weight is 260 g/mol. The van der Waals surface area contributed by atoms with Gasteiger partial charge in [0.05, 0.1) is 5.69 Å². The summed E-state index contributed by atoms with van der Waals surface area (Å²) < 4.78 is 5.19. The normalized spacial score (nSPS) is 10.9. The highest BCUT2D eigenvalue weighted by atomic mass is 35.5. The minimum Gasteiger partial charge on any atom is -0.506 e. The molecule has 3 aromatic rings. The van der Waals surface area contributed by atoms with Gasteiger partial charge in [-0.05, 0) is 17.7 Å². The topological polar surface area (TPSA) is 46.3 Å². The summed E-state index contributed by atoms with van der Waals surface area (Å²) in [5.41, 5.74) is 2.40. The number of aromatic nitrogens is 1. The number of phenolic OH excluding ortho intramolecular Hbond substituents is 1. The number of halogens is 1. The maximum absolute atomic E-state index is 9.50. The summed E-state index contributed by atoms with van der Waals surface area (Å²) in [5.74, 6) is 0.00609. The van der Waals surface area contributed by atoms with Crippen LogP contribution in [0.25, 0.3) is 11.0 Å². The van der Waals surface area contributed by atoms with E-state index < -0.39 is 0 Å². The number of rotatable bonds is 2. The standard InChI is InChI=1S/C14H10ClNO2/c15-13-12(17)7-6-10-11(16-18-14(10)13)8-9-4-2-1-3-5-9/h1-7,17H,8H2. The second kappa shape index (κ2) is 4.35. The first kappa shape index (κ1) is 11.1. The molecular formula is C14H10ClNO2. The van der Waals surface area contributed by atoms with Crippen LogP contribution in [0.2, 0.25) is 5.02 Å². The molecule has 0 saturated heterocycles. The zero-order valence-corrected chi connectivity index (χ0v) is 10.2. The molecule has 0 atom stereocenters. The third kappa shape index (κ3) is 1.83. The molecule has 3 rings (SSSR count). The number of hydrogen-bond donors (Lipinski definition) is 1. The number of phenols is 1. The van der Waals surface area contributed by atoms with Crippen molar-refractivity contribution >= 4 is 22.6 Å². The molecule has 0 unspecified atom stereocenters. The number of benzene rings is 2. The highest BCUT2D eigenvalue weighted by Gasteiger charge is 2.14. The number of aromatic hydroxyl groups is 1. The largest absolute Gasteiger partial charge is 0.506 e. The van der Waals surface area contributed by atoms with Gasteiger partial charge in [-0.1, -0.05) is 47.1 Å². The molecule has 2 aromatic carbocycles. The SMILES string of the molecule is Oc1ccc2c(Cc3ccccc3)noc2c1Cl. The first-order valence-corrected chi connectivity index (χ1v) is 5.93. The average Bonchev–Trinajstić information content (AvgIpc) is 2.79. The lowest BCUT2D eigenvalue weighted by Gasteiger charge is -1.98. The summed E-state index contributed by atoms with van der Waals surface area (Å²) in [5, 5.41) is 14.6. The van der Waals surface area contributed by atoms with Crippen LogP contribution in [0.1, 0.15) is 11.3 Å². The molecule has 0 spiro atoms. The molecule has 0 radical (unpaired) electrons. The smallest absolute Gasteiger partial charge is 0.189 e. The first-order chi connectivity index (χ1) is 8.75. The number of fused-ring (bicyclic) bond motifs is 1. The van der Waals surface area contributed by atoms with Gasteiger partial charge < -0.3 is 9.63 Å². The third-order valence-corrected chi connectivity index (χ3v) is 3.21. The molecule has 18 heavy (non-hydrogen) atoms. The van der Waals surface area contributed by atoms with Crippen molar-refractivity contribution in [3.05, 3.63) is 58.7 Å². The van der Waals surface area contributed by atoms with Crippen molar-refractivity contribution in [1.82, 2.24) is 5.16 Å². The molecule has 4 heteroatoms. The second-order valence-electron chi connectivity index (χ2n) is 4.07. The van der Waals surface area contributed by atoms with E-state index in [-0.39, 0.29) is 10.8 Å². The molecule has 1 N–H and O–H groups in total. The summed E-state index contributed by atoms with van der Waals surface area (Å²) >= 11 is 5.96. The van der Waals surface area contributed by atoms with Crippen molar-refractivity contribution < 1.29 is 9.63 Å². The molecule has 0 fully saturated rings. The summed E-state index contributed by atoms with van der Waals surface area (Å²) in [6, 6.07) is 13.3. The third-order valence-electron chi connectivity index (χ3n) is 2.85. The van der Waals surface area contributed by atoms with Crippen molar-refractivity contribution in [2.24, 2.45) is 0 Å². The van der Waals surface area contributed by atoms with Crippen molar-refractivity contribution in [2.75, 3.05) is 0 Å². The van der Waals surface area contributed by atoms with Gasteiger partial charge in [0.15, 0.2) is 5.58 Å². The van der Waals surface area contributed by atoms with Crippen LogP contribution in [0.4, 0.5) is 0 Å². The summed E-state index contributed by atoms with van der Waals surface area (Å²) in [6.07, 6.45) is 0.676. The highest BCUT2D eigenvalue weighted by Crippen LogP contribution is 2.33. The molecule has 0 aliphatic heterocycles. The fourth-order valence-electron chi connectivity index (χ4n) is 1.93. The van der Waals surface area contributed by atoms with E-state index in [2.05, 4.69) is 5.16 Å². The first-order valence-electron chi connectivity index (χ1n) is 5.55. The summed E-state index contributed by atoms with van der Waals surface area (Å²) in [7, 11) is 0. The maximum atomic E-state index is 9.50. The van der Waals surface area contributed by atoms with Gasteiger partial charge in [-0.3, -0.25) is 0 Å². The van der Waals surface area contributed by atoms with Gasteiger partial charge in [0, 0.05) is 11.8 Å². The molecule has 0 aliphatic carbocycles. The minimum absolute atomic E-state index is 0.00609. The molecule has 0 bridgehead atoms. The van der Waals surface area contributed by atoms with Crippen LogP contribution >= 0.6 is 11.6 Å². The Balaban J connectivity index is 2.06. The van der Waals surface area contributed by atoms with Crippen LogP contribution < -0.4 is 0 Å². The zero-order chi connectivity index (χ0) is 12.5. The molecule has 90 valence electrons. The van der Waals surface area contributed by atoms with Gasteiger partial charge >= 0.3 is 0 Å². The van der Waals surface area contributed by atoms with Gasteiger partial charge in [0.25, 0.3) is 0 Å². The van der Waals surface area contributed by atoms with Crippen molar-refractivity contribution in [3.63, 3.8) is 0 Å². The lowest BCUT2D eigenvalue weighted by atomic mass is 10.1. The Bertz CT molecular complexity index is 692. The molecule has 0 amide bonds. The van der Waals surface area contributed by atoms with Gasteiger partial charge in [0.2, 0.25) is 0 Å². The minimum atomic E-state index is 0.00609. The lowest BCUT2D eigenvalue weighted by molar-refractivity contribution is 0.442. The quantitative estimate of drug-likeness (QED) is 0.762. The molecule has 1 heterocycles. The van der Waals surface area contributed by atoms with E-state index in [0.29, 0.717) is 12.0 Å². The fourth-order valence-corrected chi connectivity index (χ4v) is 2.13. The molecular weight excluding hydrogens is 250 g/mol. The molecule has 0 saturated carbocycles. The highest BCUT2D eigenvalue weighted by molar-refractivity contribution is 6.36. The van der Waals surface area contributed by atoms with Crippen molar-refractivity contribution in [2.45, 2.75) is 6.42 Å². The predicted molar refractivity (Wildman–Crippen MR) is 69.9 cm³/mol. The van der Waals surface area contributed by atoms with E-state index in [1.165, 1.54) is 0 Å². The van der Waals surface area contributed by atoms with Gasteiger partial charge in [-0.2, -0.15) is 0 Å². The van der Waals surface area contributed by atoms with Crippen LogP contribution in [-0.4, -0.2) is 10.3 Å². The summed E-state index contributed by atoms with van der Waals surface area (Å²) in [6.45, 7) is 0. The van der Waals surface area contributed by atoms with Crippen LogP contribution in [-0.2, 0) is 6.42 Å². The van der Waals surface area contributed by atoms with E-state index in [1.807, 2.05) is 30.3 Å². The van der Waals surface area contributed by atoms with Crippen LogP contribution in [0.5, 0.6) is 5.75 Å². The Morgan fingerprint density at radius 1 is 1.11 bits per heavy atom. The second-order valence-corrected chi connectivity index (χ2v) is 4.44. The van der Waals surface area contributed by atoms with E-state index in [1.54, 1.807) is 12.1 Å². The van der Waals surface area contributed by atoms with Gasteiger partial charge in [0.1, 0.15) is 10.8 Å². The lowest BCUT2D eigenvalue weighted by Crippen LogP contribution is -1.88. The van der Waals surface area contributed by atoms with Gasteiger partial charge in [-0.15, -0.1) is 0 Å². The number of hydrogen-bond acceptors (Lipinski definition) is 3. The van der Waals surface area contributed by atoms with Crippen LogP contribution in [0.3, 0.4) is 0 Å². The Labute approximate surface area is 109 Å². The fraction of sp³-hybridized carbons (Fsp3) is 0.0714. The van der Waals surface area contributed by atoms with E-state index >= 15 is 0 Å². The Morgan fingerprint density at radius 2 is 1.89 bits per heavy atom. The molecule has 3 nitrogen and oxygen atoms in total. The van der Waals surface area contributed by atoms with E-state index in [4.69, 9.17) is 16.1 Å².